The molecule has 0 radical (unpaired) electrons. The summed E-state index contributed by atoms with van der Waals surface area (Å²) < 4.78 is 13.3. The predicted octanol–water partition coefficient (Wildman–Crippen LogP) is 4.19. The third-order valence-corrected chi connectivity index (χ3v) is 6.60. The Morgan fingerprint density at radius 3 is 2.75 bits per heavy atom. The Morgan fingerprint density at radius 2 is 1.97 bits per heavy atom. The zero-order valence-electron chi connectivity index (χ0n) is 19.6. The average molecular weight is 530 g/mol. The number of hydrogen-bond donors (Lipinski definition) is 2. The number of rotatable bonds is 8. The van der Waals surface area contributed by atoms with Gasteiger partial charge in [0.05, 0.1) is 47.2 Å². The van der Waals surface area contributed by atoms with E-state index in [1.165, 1.54) is 12.4 Å². The lowest BCUT2D eigenvalue weighted by atomic mass is 10.1. The van der Waals surface area contributed by atoms with E-state index in [1.807, 2.05) is 17.8 Å². The minimum Gasteiger partial charge on any atom is -0.486 e. The molecule has 1 atom stereocenters. The van der Waals surface area contributed by atoms with Crippen molar-refractivity contribution in [2.45, 2.75) is 19.6 Å². The zero-order chi connectivity index (χ0) is 25.1. The maximum Gasteiger partial charge on any atom is 0.276 e. The number of H-pyrrole nitrogens is 1. The molecule has 10 nitrogen and oxygen atoms in total. The molecule has 3 aromatic heterocycles. The second-order valence-corrected chi connectivity index (χ2v) is 9.27. The van der Waals surface area contributed by atoms with E-state index >= 15 is 0 Å². The number of anilines is 1. The highest BCUT2D eigenvalue weighted by Gasteiger charge is 2.19. The molecule has 1 aliphatic rings. The molecule has 0 aliphatic carbocycles. The second-order valence-electron chi connectivity index (χ2n) is 8.46. The molecule has 2 N–H and O–H groups in total. The van der Waals surface area contributed by atoms with Gasteiger partial charge in [0.15, 0.2) is 5.69 Å². The van der Waals surface area contributed by atoms with Crippen molar-refractivity contribution in [1.82, 2.24) is 29.9 Å². The van der Waals surface area contributed by atoms with Crippen molar-refractivity contribution in [1.29, 1.82) is 0 Å². The predicted molar refractivity (Wildman–Crippen MR) is 137 cm³/mol. The number of carbonyl (C=O) groups is 1. The molecular weight excluding hydrogens is 505 g/mol. The highest BCUT2D eigenvalue weighted by molar-refractivity contribution is 6.35. The lowest BCUT2D eigenvalue weighted by Gasteiger charge is -2.26. The molecule has 0 bridgehead atoms. The van der Waals surface area contributed by atoms with Crippen LogP contribution in [0.2, 0.25) is 10.0 Å². The first-order valence-corrected chi connectivity index (χ1v) is 12.3. The lowest BCUT2D eigenvalue weighted by molar-refractivity contribution is 0.0360. The number of aromatic nitrogens is 5. The Morgan fingerprint density at radius 1 is 1.19 bits per heavy atom. The first-order valence-electron chi connectivity index (χ1n) is 11.6. The molecule has 36 heavy (non-hydrogen) atoms. The number of aromatic amines is 1. The van der Waals surface area contributed by atoms with Crippen molar-refractivity contribution in [3.63, 3.8) is 0 Å². The molecule has 1 aliphatic heterocycles. The third-order valence-electron chi connectivity index (χ3n) is 6.00. The number of halogens is 2. The Bertz CT molecular complexity index is 1350. The lowest BCUT2D eigenvalue weighted by Crippen LogP contribution is -2.38. The summed E-state index contributed by atoms with van der Waals surface area (Å²) in [5, 5.41) is 15.8. The van der Waals surface area contributed by atoms with E-state index in [9.17, 15) is 4.79 Å². The number of benzene rings is 1. The smallest absolute Gasteiger partial charge is 0.276 e. The van der Waals surface area contributed by atoms with Crippen molar-refractivity contribution >= 4 is 45.7 Å². The normalized spacial score (nSPS) is 15.2. The number of fused-ring (bicyclic) bond motifs is 1. The van der Waals surface area contributed by atoms with E-state index in [0.29, 0.717) is 37.9 Å². The van der Waals surface area contributed by atoms with Gasteiger partial charge in [-0.25, -0.2) is 0 Å². The highest BCUT2D eigenvalue weighted by atomic mass is 35.5. The molecule has 4 heterocycles. The molecule has 1 aromatic carbocycles. The van der Waals surface area contributed by atoms with Gasteiger partial charge in [0.1, 0.15) is 11.9 Å². The van der Waals surface area contributed by atoms with Crippen LogP contribution in [0, 0.1) is 0 Å². The van der Waals surface area contributed by atoms with Gasteiger partial charge in [0.25, 0.3) is 5.91 Å². The summed E-state index contributed by atoms with van der Waals surface area (Å²) in [4.78, 5) is 19.3. The number of morpholine rings is 1. The van der Waals surface area contributed by atoms with Gasteiger partial charge in [-0.05, 0) is 25.1 Å². The van der Waals surface area contributed by atoms with Gasteiger partial charge in [0.2, 0.25) is 0 Å². The molecule has 1 saturated heterocycles. The second kappa shape index (κ2) is 10.8. The summed E-state index contributed by atoms with van der Waals surface area (Å²) in [7, 11) is 0. The van der Waals surface area contributed by atoms with Crippen LogP contribution < -0.4 is 10.1 Å². The molecule has 5 rings (SSSR count). The molecule has 4 aromatic rings. The molecule has 0 spiro atoms. The van der Waals surface area contributed by atoms with E-state index in [0.717, 1.165) is 39.4 Å². The number of carbonyl (C=O) groups excluding carboxylic acids is 1. The number of nitrogens with zero attached hydrogens (tertiary/aromatic N) is 5. The molecule has 1 amide bonds. The fraction of sp³-hybridized carbons (Fsp3) is 0.333. The fourth-order valence-corrected chi connectivity index (χ4v) is 4.79. The first kappa shape index (κ1) is 24.5. The van der Waals surface area contributed by atoms with Crippen LogP contribution in [-0.4, -0.2) is 68.6 Å². The van der Waals surface area contributed by atoms with Gasteiger partial charge in [-0.2, -0.15) is 10.2 Å². The molecule has 0 unspecified atom stereocenters. The van der Waals surface area contributed by atoms with E-state index in [4.69, 9.17) is 32.7 Å². The quantitative estimate of drug-likeness (QED) is 0.352. The maximum atomic E-state index is 13.0. The number of nitrogens with one attached hydrogen (secondary N) is 2. The van der Waals surface area contributed by atoms with Crippen LogP contribution in [0.25, 0.3) is 10.9 Å². The SMILES string of the molecule is C[C@@H](Oc1ccc2[nH]nc(C(=O)Nc3cnn(CCN4CCOCC4)c3)c2c1)c1c(Cl)cncc1Cl. The number of ether oxygens (including phenoxy) is 2. The van der Waals surface area contributed by atoms with Crippen LogP contribution in [0.5, 0.6) is 5.75 Å². The van der Waals surface area contributed by atoms with Crippen LogP contribution in [0.1, 0.15) is 29.1 Å². The summed E-state index contributed by atoms with van der Waals surface area (Å²) in [6, 6.07) is 5.36. The summed E-state index contributed by atoms with van der Waals surface area (Å²) in [6.07, 6.45) is 6.05. The average Bonchev–Trinajstić information content (AvgIpc) is 3.50. The van der Waals surface area contributed by atoms with Crippen molar-refractivity contribution in [3.8, 4) is 5.75 Å². The third kappa shape index (κ3) is 5.46. The van der Waals surface area contributed by atoms with Gasteiger partial charge in [-0.15, -0.1) is 0 Å². The van der Waals surface area contributed by atoms with Gasteiger partial charge >= 0.3 is 0 Å². The van der Waals surface area contributed by atoms with Gasteiger partial charge in [-0.1, -0.05) is 23.2 Å². The molecule has 0 saturated carbocycles. The van der Waals surface area contributed by atoms with Crippen LogP contribution >= 0.6 is 23.2 Å². The maximum absolute atomic E-state index is 13.0. The Labute approximate surface area is 217 Å². The van der Waals surface area contributed by atoms with Crippen LogP contribution in [-0.2, 0) is 11.3 Å². The van der Waals surface area contributed by atoms with E-state index < -0.39 is 6.10 Å². The Hall–Kier alpha value is -3.18. The Kier molecular flexibility index (Phi) is 7.38. The molecule has 12 heteroatoms. The fourth-order valence-electron chi connectivity index (χ4n) is 4.12. The summed E-state index contributed by atoms with van der Waals surface area (Å²) in [6.45, 7) is 6.81. The summed E-state index contributed by atoms with van der Waals surface area (Å²) >= 11 is 12.5. The van der Waals surface area contributed by atoms with Crippen molar-refractivity contribution in [2.24, 2.45) is 0 Å². The van der Waals surface area contributed by atoms with Gasteiger partial charge < -0.3 is 14.8 Å². The summed E-state index contributed by atoms with van der Waals surface area (Å²) in [5.41, 5.74) is 2.20. The standard InChI is InChI=1S/C24H25Cl2N7O3/c1-15(22-19(25)12-27-13-20(22)26)36-17-2-3-21-18(10-17)23(31-30-21)24(34)29-16-11-28-33(14-16)5-4-32-6-8-35-9-7-32/h2-3,10-15H,4-9H2,1H3,(H,29,34)(H,30,31)/t15-/m1/s1. The van der Waals surface area contributed by atoms with E-state index in [2.05, 4.69) is 30.5 Å². The summed E-state index contributed by atoms with van der Waals surface area (Å²) in [5.74, 6) is 0.199. The van der Waals surface area contributed by atoms with Gasteiger partial charge in [-0.3, -0.25) is 24.5 Å². The number of hydrogen-bond acceptors (Lipinski definition) is 7. The van der Waals surface area contributed by atoms with E-state index in [1.54, 1.807) is 24.4 Å². The minimum atomic E-state index is -0.432. The molecular formula is C24H25Cl2N7O3. The number of amides is 1. The molecule has 188 valence electrons. The van der Waals surface area contributed by atoms with Crippen molar-refractivity contribution in [3.05, 3.63) is 64.3 Å². The first-order chi connectivity index (χ1) is 17.5. The molecule has 1 fully saturated rings. The largest absolute Gasteiger partial charge is 0.486 e. The minimum absolute atomic E-state index is 0.254. The van der Waals surface area contributed by atoms with Crippen molar-refractivity contribution < 1.29 is 14.3 Å². The van der Waals surface area contributed by atoms with Crippen LogP contribution in [0.15, 0.2) is 43.0 Å². The topological polar surface area (TPSA) is 110 Å². The van der Waals surface area contributed by atoms with Crippen LogP contribution in [0.4, 0.5) is 5.69 Å². The monoisotopic (exact) mass is 529 g/mol. The van der Waals surface area contributed by atoms with Crippen molar-refractivity contribution in [2.75, 3.05) is 38.2 Å². The Balaban J connectivity index is 1.26. The number of pyridine rings is 1. The highest BCUT2D eigenvalue weighted by Crippen LogP contribution is 2.33. The van der Waals surface area contributed by atoms with Gasteiger partial charge in [0, 0.05) is 49.2 Å². The zero-order valence-corrected chi connectivity index (χ0v) is 21.1. The van der Waals surface area contributed by atoms with Crippen LogP contribution in [0.3, 0.4) is 0 Å². The van der Waals surface area contributed by atoms with E-state index in [-0.39, 0.29) is 11.6 Å².